The highest BCUT2D eigenvalue weighted by Gasteiger charge is 2.18. The van der Waals surface area contributed by atoms with Gasteiger partial charge in [-0.1, -0.05) is 19.8 Å². The van der Waals surface area contributed by atoms with Gasteiger partial charge in [-0.15, -0.1) is 0 Å². The third-order valence-electron chi connectivity index (χ3n) is 3.57. The molecule has 0 radical (unpaired) electrons. The number of nitrogen functional groups attached to an aromatic ring is 1. The average Bonchev–Trinajstić information content (AvgIpc) is 2.50. The second-order valence-electron chi connectivity index (χ2n) is 5.02. The molecule has 1 aromatic rings. The molecule has 0 unspecified atom stereocenters. The monoisotopic (exact) mass is 207 g/mol. The molecule has 0 aromatic carbocycles. The van der Waals surface area contributed by atoms with Crippen molar-refractivity contribution in [1.82, 2.24) is 9.78 Å². The molecular weight excluding hydrogens is 186 g/mol. The summed E-state index contributed by atoms with van der Waals surface area (Å²) in [6.45, 7) is 5.37. The summed E-state index contributed by atoms with van der Waals surface area (Å²) in [7, 11) is 0. The van der Waals surface area contributed by atoms with Crippen molar-refractivity contribution in [3.8, 4) is 0 Å². The molecule has 1 fully saturated rings. The summed E-state index contributed by atoms with van der Waals surface area (Å²) >= 11 is 0. The number of aromatic nitrogens is 2. The van der Waals surface area contributed by atoms with Gasteiger partial charge in [0, 0.05) is 12.7 Å². The Kier molecular flexibility index (Phi) is 2.98. The number of hydrogen-bond donors (Lipinski definition) is 1. The second-order valence-corrected chi connectivity index (χ2v) is 5.02. The zero-order chi connectivity index (χ0) is 10.8. The van der Waals surface area contributed by atoms with Gasteiger partial charge in [0.05, 0.1) is 11.4 Å². The topological polar surface area (TPSA) is 43.8 Å². The lowest BCUT2D eigenvalue weighted by Gasteiger charge is -2.25. The Balaban J connectivity index is 1.91. The van der Waals surface area contributed by atoms with E-state index in [0.29, 0.717) is 0 Å². The summed E-state index contributed by atoms with van der Waals surface area (Å²) < 4.78 is 2.02. The van der Waals surface area contributed by atoms with Gasteiger partial charge in [-0.05, 0) is 31.6 Å². The summed E-state index contributed by atoms with van der Waals surface area (Å²) in [6.07, 6.45) is 7.41. The summed E-state index contributed by atoms with van der Waals surface area (Å²) in [5.41, 5.74) is 7.56. The second kappa shape index (κ2) is 4.25. The summed E-state index contributed by atoms with van der Waals surface area (Å²) in [4.78, 5) is 0. The van der Waals surface area contributed by atoms with Gasteiger partial charge in [0.25, 0.3) is 0 Å². The van der Waals surface area contributed by atoms with Crippen LogP contribution in [0.2, 0.25) is 0 Å². The van der Waals surface area contributed by atoms with Crippen LogP contribution in [0.15, 0.2) is 6.20 Å². The molecule has 0 saturated heterocycles. The fourth-order valence-electron chi connectivity index (χ4n) is 2.40. The van der Waals surface area contributed by atoms with Crippen molar-refractivity contribution in [3.63, 3.8) is 0 Å². The van der Waals surface area contributed by atoms with Crippen molar-refractivity contribution in [2.45, 2.75) is 46.1 Å². The third kappa shape index (κ3) is 2.52. The van der Waals surface area contributed by atoms with Crippen molar-refractivity contribution in [3.05, 3.63) is 11.9 Å². The lowest BCUT2D eigenvalue weighted by atomic mass is 9.83. The predicted molar refractivity (Wildman–Crippen MR) is 62.5 cm³/mol. The van der Waals surface area contributed by atoms with Crippen molar-refractivity contribution in [2.24, 2.45) is 11.8 Å². The Hall–Kier alpha value is -0.990. The van der Waals surface area contributed by atoms with Crippen LogP contribution in [-0.4, -0.2) is 9.78 Å². The molecule has 3 nitrogen and oxygen atoms in total. The van der Waals surface area contributed by atoms with Crippen LogP contribution >= 0.6 is 0 Å². The Morgan fingerprint density at radius 2 is 2.07 bits per heavy atom. The molecule has 0 bridgehead atoms. The van der Waals surface area contributed by atoms with E-state index >= 15 is 0 Å². The van der Waals surface area contributed by atoms with Gasteiger partial charge in [0.15, 0.2) is 0 Å². The Morgan fingerprint density at radius 3 is 2.60 bits per heavy atom. The molecule has 2 N–H and O–H groups in total. The van der Waals surface area contributed by atoms with E-state index < -0.39 is 0 Å². The number of aryl methyl sites for hydroxylation is 1. The summed E-state index contributed by atoms with van der Waals surface area (Å²) in [5.74, 6) is 1.73. The van der Waals surface area contributed by atoms with Gasteiger partial charge in [-0.2, -0.15) is 5.10 Å². The predicted octanol–water partition coefficient (Wildman–Crippen LogP) is 2.60. The fraction of sp³-hybridized carbons (Fsp3) is 0.750. The first kappa shape index (κ1) is 10.5. The SMILES string of the molecule is Cc1nn(CC2CCC(C)CC2)cc1N. The smallest absolute Gasteiger partial charge is 0.0822 e. The van der Waals surface area contributed by atoms with Gasteiger partial charge in [0.1, 0.15) is 0 Å². The zero-order valence-corrected chi connectivity index (χ0v) is 9.74. The Labute approximate surface area is 91.7 Å². The van der Waals surface area contributed by atoms with E-state index in [4.69, 9.17) is 5.73 Å². The molecule has 1 aromatic heterocycles. The van der Waals surface area contributed by atoms with Crippen molar-refractivity contribution in [2.75, 3.05) is 5.73 Å². The molecule has 0 spiro atoms. The normalized spacial score (nSPS) is 26.8. The van der Waals surface area contributed by atoms with Crippen LogP contribution in [0.3, 0.4) is 0 Å². The van der Waals surface area contributed by atoms with Gasteiger partial charge in [0.2, 0.25) is 0 Å². The van der Waals surface area contributed by atoms with Crippen LogP contribution in [0.4, 0.5) is 5.69 Å². The Bertz CT molecular complexity index is 302. The minimum atomic E-state index is 0.805. The first-order chi connectivity index (χ1) is 7.15. The molecule has 1 heterocycles. The zero-order valence-electron chi connectivity index (χ0n) is 9.74. The van der Waals surface area contributed by atoms with E-state index in [2.05, 4.69) is 12.0 Å². The Morgan fingerprint density at radius 1 is 1.40 bits per heavy atom. The van der Waals surface area contributed by atoms with Crippen molar-refractivity contribution >= 4 is 5.69 Å². The van der Waals surface area contributed by atoms with E-state index in [9.17, 15) is 0 Å². The van der Waals surface area contributed by atoms with Crippen molar-refractivity contribution < 1.29 is 0 Å². The molecule has 1 saturated carbocycles. The summed E-state index contributed by atoms with van der Waals surface area (Å²) in [5, 5.41) is 4.42. The lowest BCUT2D eigenvalue weighted by Crippen LogP contribution is -2.18. The molecule has 0 aliphatic heterocycles. The highest BCUT2D eigenvalue weighted by molar-refractivity contribution is 5.39. The quantitative estimate of drug-likeness (QED) is 0.810. The maximum Gasteiger partial charge on any atom is 0.0822 e. The molecule has 0 amide bonds. The van der Waals surface area contributed by atoms with Crippen LogP contribution in [0.25, 0.3) is 0 Å². The van der Waals surface area contributed by atoms with E-state index in [-0.39, 0.29) is 0 Å². The molecule has 15 heavy (non-hydrogen) atoms. The maximum atomic E-state index is 5.78. The van der Waals surface area contributed by atoms with Gasteiger partial charge >= 0.3 is 0 Å². The number of anilines is 1. The molecular formula is C12H21N3. The maximum absolute atomic E-state index is 5.78. The highest BCUT2D eigenvalue weighted by atomic mass is 15.3. The molecule has 1 aliphatic rings. The lowest BCUT2D eigenvalue weighted by molar-refractivity contribution is 0.257. The van der Waals surface area contributed by atoms with Crippen LogP contribution in [-0.2, 0) is 6.54 Å². The largest absolute Gasteiger partial charge is 0.396 e. The van der Waals surface area contributed by atoms with Crippen LogP contribution in [0.1, 0.15) is 38.3 Å². The molecule has 1 aliphatic carbocycles. The van der Waals surface area contributed by atoms with E-state index in [1.165, 1.54) is 25.7 Å². The number of nitrogens with zero attached hydrogens (tertiary/aromatic N) is 2. The number of rotatable bonds is 2. The first-order valence-electron chi connectivity index (χ1n) is 5.94. The van der Waals surface area contributed by atoms with Crippen LogP contribution < -0.4 is 5.73 Å². The standard InChI is InChI=1S/C12H21N3/c1-9-3-5-11(6-4-9)7-15-8-12(13)10(2)14-15/h8-9,11H,3-7,13H2,1-2H3. The minimum Gasteiger partial charge on any atom is -0.396 e. The van der Waals surface area contributed by atoms with Crippen LogP contribution in [0.5, 0.6) is 0 Å². The first-order valence-corrected chi connectivity index (χ1v) is 5.94. The van der Waals surface area contributed by atoms with E-state index in [1.54, 1.807) is 0 Å². The summed E-state index contributed by atoms with van der Waals surface area (Å²) in [6, 6.07) is 0. The third-order valence-corrected chi connectivity index (χ3v) is 3.57. The average molecular weight is 207 g/mol. The van der Waals surface area contributed by atoms with E-state index in [1.807, 2.05) is 17.8 Å². The minimum absolute atomic E-state index is 0.805. The van der Waals surface area contributed by atoms with Gasteiger partial charge in [-0.3, -0.25) is 4.68 Å². The van der Waals surface area contributed by atoms with E-state index in [0.717, 1.165) is 29.8 Å². The molecule has 0 atom stereocenters. The highest BCUT2D eigenvalue weighted by Crippen LogP contribution is 2.29. The molecule has 84 valence electrons. The fourth-order valence-corrected chi connectivity index (χ4v) is 2.40. The number of nitrogens with two attached hydrogens (primary N) is 1. The van der Waals surface area contributed by atoms with Gasteiger partial charge in [-0.25, -0.2) is 0 Å². The number of hydrogen-bond acceptors (Lipinski definition) is 2. The van der Waals surface area contributed by atoms with Gasteiger partial charge < -0.3 is 5.73 Å². The van der Waals surface area contributed by atoms with Crippen molar-refractivity contribution in [1.29, 1.82) is 0 Å². The molecule has 2 rings (SSSR count). The molecule has 3 heteroatoms. The van der Waals surface area contributed by atoms with Crippen LogP contribution in [0, 0.1) is 18.8 Å².